The topological polar surface area (TPSA) is 72.3 Å². The minimum Gasteiger partial charge on any atom is -0.396 e. The monoisotopic (exact) mass is 132 g/mol. The van der Waals surface area contributed by atoms with E-state index in [-0.39, 0.29) is 18.2 Å². The predicted octanol–water partition coefficient (Wildman–Crippen LogP) is -0.567. The lowest BCUT2D eigenvalue weighted by atomic mass is 9.95. The van der Waals surface area contributed by atoms with E-state index in [0.717, 1.165) is 0 Å². The van der Waals surface area contributed by atoms with Gasteiger partial charge in [-0.1, -0.05) is 0 Å². The van der Waals surface area contributed by atoms with Crippen molar-refractivity contribution in [3.05, 3.63) is 0 Å². The molecule has 5 N–H and O–H groups in total. The molecule has 0 aromatic rings. The second-order valence-corrected chi connectivity index (χ2v) is 2.94. The maximum atomic E-state index is 8.46. The first-order chi connectivity index (χ1) is 3.98. The summed E-state index contributed by atoms with van der Waals surface area (Å²) in [4.78, 5) is 0. The zero-order chi connectivity index (χ0) is 7.49. The summed E-state index contributed by atoms with van der Waals surface area (Å²) in [5.41, 5.74) is 10.8. The number of hydrogen-bond donors (Lipinski definition) is 3. The molecular weight excluding hydrogens is 116 g/mol. The van der Waals surface area contributed by atoms with Crippen molar-refractivity contribution in [2.24, 2.45) is 11.5 Å². The summed E-state index contributed by atoms with van der Waals surface area (Å²) in [7, 11) is 0. The van der Waals surface area contributed by atoms with Gasteiger partial charge in [-0.15, -0.1) is 0 Å². The minimum absolute atomic E-state index is 0.109. The summed E-state index contributed by atoms with van der Waals surface area (Å²) in [5.74, 6) is 0. The van der Waals surface area contributed by atoms with Crippen LogP contribution in [0.1, 0.15) is 20.3 Å². The van der Waals surface area contributed by atoms with E-state index in [1.807, 2.05) is 13.8 Å². The molecule has 0 aromatic heterocycles. The van der Waals surface area contributed by atoms with Crippen LogP contribution in [0.2, 0.25) is 0 Å². The third kappa shape index (κ3) is 3.46. The first kappa shape index (κ1) is 8.88. The average molecular weight is 132 g/mol. The van der Waals surface area contributed by atoms with Gasteiger partial charge < -0.3 is 16.6 Å². The molecule has 0 aliphatic carbocycles. The van der Waals surface area contributed by atoms with E-state index in [0.29, 0.717) is 6.42 Å². The molecule has 0 saturated heterocycles. The molecule has 9 heavy (non-hydrogen) atoms. The molecule has 0 heterocycles. The number of rotatable bonds is 3. The van der Waals surface area contributed by atoms with E-state index in [2.05, 4.69) is 0 Å². The van der Waals surface area contributed by atoms with Gasteiger partial charge in [-0.3, -0.25) is 0 Å². The highest BCUT2D eigenvalue weighted by atomic mass is 16.3. The summed E-state index contributed by atoms with van der Waals surface area (Å²) in [6, 6.07) is -0.109. The molecule has 0 aromatic carbocycles. The molecule has 56 valence electrons. The van der Waals surface area contributed by atoms with Gasteiger partial charge in [-0.05, 0) is 20.3 Å². The van der Waals surface area contributed by atoms with Crippen LogP contribution < -0.4 is 11.5 Å². The smallest absolute Gasteiger partial charge is 0.0446 e. The Hall–Kier alpha value is -0.120. The second kappa shape index (κ2) is 3.15. The van der Waals surface area contributed by atoms with Crippen LogP contribution in [0.5, 0.6) is 0 Å². The molecule has 3 nitrogen and oxygen atoms in total. The maximum absolute atomic E-state index is 8.46. The quantitative estimate of drug-likeness (QED) is 0.481. The number of aliphatic hydroxyl groups is 1. The maximum Gasteiger partial charge on any atom is 0.0446 e. The van der Waals surface area contributed by atoms with Crippen LogP contribution >= 0.6 is 0 Å². The van der Waals surface area contributed by atoms with Gasteiger partial charge in [0.05, 0.1) is 0 Å². The van der Waals surface area contributed by atoms with Crippen LogP contribution in [0, 0.1) is 0 Å². The first-order valence-corrected chi connectivity index (χ1v) is 3.14. The number of nitrogens with two attached hydrogens (primary N) is 2. The Labute approximate surface area is 56.0 Å². The van der Waals surface area contributed by atoms with Gasteiger partial charge >= 0.3 is 0 Å². The summed E-state index contributed by atoms with van der Waals surface area (Å²) in [6.07, 6.45) is 0.573. The van der Waals surface area contributed by atoms with Crippen LogP contribution in [0.15, 0.2) is 0 Å². The molecule has 0 rings (SSSR count). The predicted molar refractivity (Wildman–Crippen MR) is 37.9 cm³/mol. The molecule has 0 fully saturated rings. The van der Waals surface area contributed by atoms with Crippen molar-refractivity contribution in [3.8, 4) is 0 Å². The summed E-state index contributed by atoms with van der Waals surface area (Å²) in [5, 5.41) is 8.46. The third-order valence-corrected chi connectivity index (χ3v) is 1.40. The van der Waals surface area contributed by atoms with E-state index in [4.69, 9.17) is 16.6 Å². The van der Waals surface area contributed by atoms with E-state index >= 15 is 0 Å². The van der Waals surface area contributed by atoms with Crippen LogP contribution in [0.3, 0.4) is 0 Å². The first-order valence-electron chi connectivity index (χ1n) is 3.14. The Morgan fingerprint density at radius 2 is 2.00 bits per heavy atom. The fourth-order valence-electron chi connectivity index (χ4n) is 0.511. The summed E-state index contributed by atoms with van der Waals surface area (Å²) in [6.45, 7) is 3.82. The second-order valence-electron chi connectivity index (χ2n) is 2.94. The largest absolute Gasteiger partial charge is 0.396 e. The molecule has 0 saturated carbocycles. The highest BCUT2D eigenvalue weighted by Gasteiger charge is 2.19. The van der Waals surface area contributed by atoms with Crippen molar-refractivity contribution in [1.82, 2.24) is 0 Å². The van der Waals surface area contributed by atoms with Gasteiger partial charge in [0.15, 0.2) is 0 Å². The molecular formula is C6H16N2O. The summed E-state index contributed by atoms with van der Waals surface area (Å²) >= 11 is 0. The van der Waals surface area contributed by atoms with Gasteiger partial charge in [0.2, 0.25) is 0 Å². The van der Waals surface area contributed by atoms with Crippen LogP contribution in [0.25, 0.3) is 0 Å². The zero-order valence-corrected chi connectivity index (χ0v) is 6.09. The minimum atomic E-state index is -0.372. The SMILES string of the molecule is CC(C)(N)C(N)CCO. The Balaban J connectivity index is 3.59. The highest BCUT2D eigenvalue weighted by Crippen LogP contribution is 2.04. The Morgan fingerprint density at radius 1 is 1.56 bits per heavy atom. The van der Waals surface area contributed by atoms with Gasteiger partial charge in [0.25, 0.3) is 0 Å². The van der Waals surface area contributed by atoms with E-state index in [9.17, 15) is 0 Å². The zero-order valence-electron chi connectivity index (χ0n) is 6.09. The normalized spacial score (nSPS) is 15.7. The molecule has 0 amide bonds. The average Bonchev–Trinajstić information content (AvgIpc) is 1.64. The molecule has 0 aliphatic heterocycles. The van der Waals surface area contributed by atoms with Crippen molar-refractivity contribution in [1.29, 1.82) is 0 Å². The van der Waals surface area contributed by atoms with Crippen molar-refractivity contribution < 1.29 is 5.11 Å². The lowest BCUT2D eigenvalue weighted by Crippen LogP contribution is -2.50. The van der Waals surface area contributed by atoms with Crippen molar-refractivity contribution in [2.45, 2.75) is 31.8 Å². The number of hydrogen-bond acceptors (Lipinski definition) is 3. The fraction of sp³-hybridized carbons (Fsp3) is 1.00. The van der Waals surface area contributed by atoms with Gasteiger partial charge in [0.1, 0.15) is 0 Å². The highest BCUT2D eigenvalue weighted by molar-refractivity contribution is 4.84. The van der Waals surface area contributed by atoms with Crippen molar-refractivity contribution in [3.63, 3.8) is 0 Å². The van der Waals surface area contributed by atoms with E-state index in [1.54, 1.807) is 0 Å². The molecule has 0 aliphatic rings. The lowest BCUT2D eigenvalue weighted by Gasteiger charge is -2.25. The van der Waals surface area contributed by atoms with Crippen LogP contribution in [-0.2, 0) is 0 Å². The van der Waals surface area contributed by atoms with Gasteiger partial charge in [0, 0.05) is 18.2 Å². The third-order valence-electron chi connectivity index (χ3n) is 1.40. The number of aliphatic hydroxyl groups excluding tert-OH is 1. The lowest BCUT2D eigenvalue weighted by molar-refractivity contribution is 0.251. The Morgan fingerprint density at radius 3 is 2.11 bits per heavy atom. The molecule has 0 spiro atoms. The fourth-order valence-corrected chi connectivity index (χ4v) is 0.511. The summed E-state index contributed by atoms with van der Waals surface area (Å²) < 4.78 is 0. The Bertz CT molecular complexity index is 77.6. The molecule has 0 radical (unpaired) electrons. The van der Waals surface area contributed by atoms with Crippen molar-refractivity contribution >= 4 is 0 Å². The van der Waals surface area contributed by atoms with Crippen LogP contribution in [-0.4, -0.2) is 23.3 Å². The van der Waals surface area contributed by atoms with E-state index < -0.39 is 0 Å². The molecule has 3 heteroatoms. The molecule has 0 bridgehead atoms. The standard InChI is InChI=1S/C6H16N2O/c1-6(2,8)5(7)3-4-9/h5,9H,3-4,7-8H2,1-2H3. The van der Waals surface area contributed by atoms with E-state index in [1.165, 1.54) is 0 Å². The molecule has 1 atom stereocenters. The molecule has 1 unspecified atom stereocenters. The van der Waals surface area contributed by atoms with Crippen LogP contribution in [0.4, 0.5) is 0 Å². The van der Waals surface area contributed by atoms with Gasteiger partial charge in [-0.25, -0.2) is 0 Å². The van der Waals surface area contributed by atoms with Crippen molar-refractivity contribution in [2.75, 3.05) is 6.61 Å². The Kier molecular flexibility index (Phi) is 3.11. The van der Waals surface area contributed by atoms with Gasteiger partial charge in [-0.2, -0.15) is 0 Å².